The van der Waals surface area contributed by atoms with Crippen LogP contribution in [-0.4, -0.2) is 49.7 Å². The van der Waals surface area contributed by atoms with Crippen molar-refractivity contribution in [2.45, 2.75) is 83.8 Å². The average molecular weight is 433 g/mol. The van der Waals surface area contributed by atoms with E-state index in [2.05, 4.69) is 6.92 Å². The first-order valence-electron chi connectivity index (χ1n) is 8.56. The minimum atomic E-state index is -4.66. The van der Waals surface area contributed by atoms with Crippen molar-refractivity contribution in [3.8, 4) is 0 Å². The summed E-state index contributed by atoms with van der Waals surface area (Å²) in [6.45, 7) is 3.86. The fraction of sp³-hybridized carbons (Fsp3) is 1.00. The van der Waals surface area contributed by atoms with Crippen LogP contribution in [0.3, 0.4) is 0 Å². The fourth-order valence-corrected chi connectivity index (χ4v) is 4.00. The Hall–Kier alpha value is 1.78. The van der Waals surface area contributed by atoms with Crippen LogP contribution in [0.15, 0.2) is 0 Å². The van der Waals surface area contributed by atoms with Gasteiger partial charge >= 0.3 is 59.1 Å². The Labute approximate surface area is 203 Å². The second-order valence-electron chi connectivity index (χ2n) is 6.28. The topological polar surface area (TPSA) is 124 Å². The van der Waals surface area contributed by atoms with Gasteiger partial charge in [0.15, 0.2) is 0 Å². The van der Waals surface area contributed by atoms with E-state index in [1.165, 1.54) is 32.1 Å². The molecule has 11 heteroatoms. The van der Waals surface area contributed by atoms with E-state index >= 15 is 0 Å². The van der Waals surface area contributed by atoms with Crippen LogP contribution in [0, 0.1) is 0 Å². The van der Waals surface area contributed by atoms with Crippen LogP contribution < -0.4 is 59.1 Å². The maximum absolute atomic E-state index is 10.8. The standard InChI is InChI=1S/C15H32O7S2.2Na/c1-3-4-5-6-7-8-9-10-11-14(2)22-15(12-23(16,17)18)13-24(19,20)21;;/h14-15H,3-13H2,1-2H3,(H,16,17,18)(H,19,20,21);;/q;2*+1/p-2. The zero-order chi connectivity index (χ0) is 18.6. The van der Waals surface area contributed by atoms with Crippen molar-refractivity contribution in [1.82, 2.24) is 0 Å². The van der Waals surface area contributed by atoms with Crippen LogP contribution >= 0.6 is 0 Å². The molecule has 7 nitrogen and oxygen atoms in total. The maximum Gasteiger partial charge on any atom is 1.00 e. The summed E-state index contributed by atoms with van der Waals surface area (Å²) < 4.78 is 70.0. The Bertz CT molecular complexity index is 490. The molecule has 0 aromatic carbocycles. The van der Waals surface area contributed by atoms with Crippen molar-refractivity contribution < 1.29 is 89.8 Å². The van der Waals surface area contributed by atoms with Crippen molar-refractivity contribution in [3.63, 3.8) is 0 Å². The Morgan fingerprint density at radius 1 is 0.769 bits per heavy atom. The first-order chi connectivity index (χ1) is 11.0. The van der Waals surface area contributed by atoms with Crippen molar-refractivity contribution in [1.29, 1.82) is 0 Å². The van der Waals surface area contributed by atoms with Crippen molar-refractivity contribution in [2.75, 3.05) is 11.5 Å². The molecule has 1 atom stereocenters. The molecule has 0 spiro atoms. The Kier molecular flexibility index (Phi) is 22.0. The second-order valence-corrected chi connectivity index (χ2v) is 9.18. The third-order valence-electron chi connectivity index (χ3n) is 3.67. The Morgan fingerprint density at radius 2 is 1.15 bits per heavy atom. The monoisotopic (exact) mass is 432 g/mol. The third-order valence-corrected chi connectivity index (χ3v) is 5.23. The normalized spacial score (nSPS) is 13.1. The summed E-state index contributed by atoms with van der Waals surface area (Å²) in [5.41, 5.74) is 0. The van der Waals surface area contributed by atoms with E-state index in [0.29, 0.717) is 6.42 Å². The summed E-state index contributed by atoms with van der Waals surface area (Å²) in [5.74, 6) is -2.01. The SMILES string of the molecule is CCCCCCCCCCC(C)OC(CS(=O)(=O)[O-])CS(=O)(=O)[O-].[Na+].[Na+]. The van der Waals surface area contributed by atoms with E-state index in [1.54, 1.807) is 6.92 Å². The molecule has 0 aliphatic rings. The predicted molar refractivity (Wildman–Crippen MR) is 90.7 cm³/mol. The van der Waals surface area contributed by atoms with Gasteiger partial charge in [-0.15, -0.1) is 0 Å². The van der Waals surface area contributed by atoms with Crippen molar-refractivity contribution >= 4 is 20.2 Å². The van der Waals surface area contributed by atoms with E-state index in [4.69, 9.17) is 4.74 Å². The molecule has 0 aromatic rings. The predicted octanol–water partition coefficient (Wildman–Crippen LogP) is -3.61. The molecule has 1 unspecified atom stereocenters. The molecule has 0 radical (unpaired) electrons. The van der Waals surface area contributed by atoms with Crippen LogP contribution in [0.1, 0.15) is 71.6 Å². The molecule has 0 fully saturated rings. The van der Waals surface area contributed by atoms with Gasteiger partial charge in [0, 0.05) is 0 Å². The van der Waals surface area contributed by atoms with Gasteiger partial charge in [-0.1, -0.05) is 58.3 Å². The smallest absolute Gasteiger partial charge is 0.748 e. The number of unbranched alkanes of at least 4 members (excludes halogenated alkanes) is 7. The van der Waals surface area contributed by atoms with Gasteiger partial charge in [-0.3, -0.25) is 0 Å². The second kappa shape index (κ2) is 17.6. The minimum absolute atomic E-state index is 0. The maximum atomic E-state index is 10.8. The molecule has 0 aliphatic heterocycles. The van der Waals surface area contributed by atoms with E-state index in [9.17, 15) is 25.9 Å². The van der Waals surface area contributed by atoms with E-state index in [1.807, 2.05) is 0 Å². The third kappa shape index (κ3) is 23.8. The quantitative estimate of drug-likeness (QED) is 0.149. The van der Waals surface area contributed by atoms with Gasteiger partial charge in [0.2, 0.25) is 0 Å². The molecule has 0 aliphatic carbocycles. The summed E-state index contributed by atoms with van der Waals surface area (Å²) in [6.07, 6.45) is 7.97. The molecule has 0 heterocycles. The first-order valence-corrected chi connectivity index (χ1v) is 11.7. The largest absolute Gasteiger partial charge is 1.00 e. The van der Waals surface area contributed by atoms with Gasteiger partial charge in [0.1, 0.15) is 0 Å². The number of ether oxygens (including phenoxy) is 1. The molecule has 0 N–H and O–H groups in total. The van der Waals surface area contributed by atoms with Gasteiger partial charge in [0.25, 0.3) is 0 Å². The summed E-state index contributed by atoms with van der Waals surface area (Å²) in [5, 5.41) is 0. The molecule has 0 saturated carbocycles. The van der Waals surface area contributed by atoms with Gasteiger partial charge in [-0.2, -0.15) is 0 Å². The minimum Gasteiger partial charge on any atom is -0.748 e. The van der Waals surface area contributed by atoms with Crippen LogP contribution in [0.4, 0.5) is 0 Å². The van der Waals surface area contributed by atoms with E-state index in [0.717, 1.165) is 19.3 Å². The Balaban J connectivity index is -0.00000264. The van der Waals surface area contributed by atoms with Crippen LogP contribution in [0.2, 0.25) is 0 Å². The molecule has 0 saturated heterocycles. The Morgan fingerprint density at radius 3 is 1.54 bits per heavy atom. The van der Waals surface area contributed by atoms with Gasteiger partial charge < -0.3 is 13.8 Å². The molecule has 0 amide bonds. The molecule has 0 aromatic heterocycles. The molecule has 146 valence electrons. The van der Waals surface area contributed by atoms with Crippen LogP contribution in [0.5, 0.6) is 0 Å². The zero-order valence-electron chi connectivity index (χ0n) is 16.6. The summed E-state index contributed by atoms with van der Waals surface area (Å²) in [7, 11) is -9.32. The number of hydrogen-bond acceptors (Lipinski definition) is 7. The summed E-state index contributed by atoms with van der Waals surface area (Å²) in [4.78, 5) is 0. The molecular formula is C15H30Na2O7S2. The molecular weight excluding hydrogens is 402 g/mol. The summed E-state index contributed by atoms with van der Waals surface area (Å²) in [6, 6.07) is 0. The fourth-order valence-electron chi connectivity index (χ4n) is 2.54. The first kappa shape index (κ1) is 32.4. The molecule has 0 bridgehead atoms. The molecule has 0 rings (SSSR count). The summed E-state index contributed by atoms with van der Waals surface area (Å²) >= 11 is 0. The molecule has 26 heavy (non-hydrogen) atoms. The van der Waals surface area contributed by atoms with Gasteiger partial charge in [-0.05, 0) is 13.3 Å². The van der Waals surface area contributed by atoms with Crippen LogP contribution in [-0.2, 0) is 25.0 Å². The van der Waals surface area contributed by atoms with Crippen molar-refractivity contribution in [2.24, 2.45) is 0 Å². The van der Waals surface area contributed by atoms with Gasteiger partial charge in [0.05, 0.1) is 43.9 Å². The zero-order valence-corrected chi connectivity index (χ0v) is 22.2. The number of rotatable bonds is 15. The van der Waals surface area contributed by atoms with Crippen molar-refractivity contribution in [3.05, 3.63) is 0 Å². The van der Waals surface area contributed by atoms with Gasteiger partial charge in [-0.25, -0.2) is 16.8 Å². The number of hydrogen-bond donors (Lipinski definition) is 0. The van der Waals surface area contributed by atoms with E-state index < -0.39 is 43.9 Å². The van der Waals surface area contributed by atoms with Crippen LogP contribution in [0.25, 0.3) is 0 Å². The van der Waals surface area contributed by atoms with E-state index in [-0.39, 0.29) is 59.1 Å². The average Bonchev–Trinajstić information content (AvgIpc) is 2.37.